The molecule has 2 aliphatic rings. The van der Waals surface area contributed by atoms with Gasteiger partial charge in [-0.3, -0.25) is 4.79 Å². The van der Waals surface area contributed by atoms with E-state index in [4.69, 9.17) is 0 Å². The highest BCUT2D eigenvalue weighted by Crippen LogP contribution is 2.49. The Morgan fingerprint density at radius 2 is 2.21 bits per heavy atom. The highest BCUT2D eigenvalue weighted by Gasteiger charge is 2.40. The van der Waals surface area contributed by atoms with Crippen LogP contribution in [0, 0.1) is 17.8 Å². The molecule has 2 aliphatic carbocycles. The average molecular weight is 279 g/mol. The largest absolute Gasteiger partial charge is 0.301 e. The number of anilines is 1. The van der Waals surface area contributed by atoms with E-state index in [-0.39, 0.29) is 5.91 Å². The second-order valence-corrected chi connectivity index (χ2v) is 7.30. The monoisotopic (exact) mass is 279 g/mol. The van der Waals surface area contributed by atoms with Crippen molar-refractivity contribution < 1.29 is 4.79 Å². The Morgan fingerprint density at radius 3 is 2.79 bits per heavy atom. The average Bonchev–Trinajstić information content (AvgIpc) is 3.03. The van der Waals surface area contributed by atoms with Crippen LogP contribution in [0.2, 0.25) is 0 Å². The van der Waals surface area contributed by atoms with Gasteiger partial charge < -0.3 is 5.32 Å². The van der Waals surface area contributed by atoms with Gasteiger partial charge in [-0.15, -0.1) is 10.2 Å². The fourth-order valence-electron chi connectivity index (χ4n) is 3.55. The van der Waals surface area contributed by atoms with Crippen LogP contribution in [0.25, 0.3) is 0 Å². The summed E-state index contributed by atoms with van der Waals surface area (Å²) >= 11 is 1.49. The molecule has 2 saturated carbocycles. The SMILES string of the molecule is CC(C)c1nnc(NC(=O)C[C@@H]2C[C@@H]3CC[C@@H]2C3)s1. The van der Waals surface area contributed by atoms with Gasteiger partial charge >= 0.3 is 0 Å². The van der Waals surface area contributed by atoms with Gasteiger partial charge in [0.2, 0.25) is 11.0 Å². The Balaban J connectivity index is 1.53. The van der Waals surface area contributed by atoms with E-state index >= 15 is 0 Å². The van der Waals surface area contributed by atoms with Crippen LogP contribution in [0.3, 0.4) is 0 Å². The van der Waals surface area contributed by atoms with Gasteiger partial charge in [-0.05, 0) is 37.0 Å². The molecule has 19 heavy (non-hydrogen) atoms. The summed E-state index contributed by atoms with van der Waals surface area (Å²) in [4.78, 5) is 12.1. The van der Waals surface area contributed by atoms with E-state index in [1.807, 2.05) is 0 Å². The summed E-state index contributed by atoms with van der Waals surface area (Å²) in [5, 5.41) is 12.7. The predicted molar refractivity (Wildman–Crippen MR) is 76.2 cm³/mol. The fourth-order valence-corrected chi connectivity index (χ4v) is 4.32. The smallest absolute Gasteiger partial charge is 0.226 e. The molecular weight excluding hydrogens is 258 g/mol. The van der Waals surface area contributed by atoms with Crippen molar-refractivity contribution in [3.63, 3.8) is 0 Å². The zero-order chi connectivity index (χ0) is 13.4. The molecule has 0 aromatic carbocycles. The molecular formula is C14H21N3OS. The van der Waals surface area contributed by atoms with Crippen LogP contribution in [0.1, 0.15) is 56.9 Å². The van der Waals surface area contributed by atoms with Crippen LogP contribution < -0.4 is 5.32 Å². The van der Waals surface area contributed by atoms with Crippen LogP contribution in [0.15, 0.2) is 0 Å². The highest BCUT2D eigenvalue weighted by molar-refractivity contribution is 7.15. The maximum absolute atomic E-state index is 12.1. The van der Waals surface area contributed by atoms with Gasteiger partial charge in [0, 0.05) is 12.3 Å². The molecule has 1 aromatic heterocycles. The predicted octanol–water partition coefficient (Wildman–Crippen LogP) is 3.43. The Morgan fingerprint density at radius 1 is 1.37 bits per heavy atom. The lowest BCUT2D eigenvalue weighted by Crippen LogP contribution is -2.20. The minimum atomic E-state index is 0.115. The first-order valence-corrected chi connectivity index (χ1v) is 8.06. The molecule has 5 heteroatoms. The van der Waals surface area contributed by atoms with Gasteiger partial charge in [0.15, 0.2) is 0 Å². The minimum absolute atomic E-state index is 0.115. The number of aromatic nitrogens is 2. The molecule has 0 unspecified atom stereocenters. The number of nitrogens with zero attached hydrogens (tertiary/aromatic N) is 2. The van der Waals surface area contributed by atoms with Crippen LogP contribution in [0.4, 0.5) is 5.13 Å². The summed E-state index contributed by atoms with van der Waals surface area (Å²) in [7, 11) is 0. The standard InChI is InChI=1S/C14H21N3OS/c1-8(2)13-16-17-14(19-13)15-12(18)7-11-6-9-3-4-10(11)5-9/h8-11H,3-7H2,1-2H3,(H,15,17,18)/t9-,10-,11+/m1/s1. The number of hydrogen-bond donors (Lipinski definition) is 1. The second kappa shape index (κ2) is 5.19. The summed E-state index contributed by atoms with van der Waals surface area (Å²) in [6.07, 6.45) is 5.99. The summed E-state index contributed by atoms with van der Waals surface area (Å²) in [5.74, 6) is 2.79. The van der Waals surface area contributed by atoms with Crippen LogP contribution in [-0.4, -0.2) is 16.1 Å². The zero-order valence-corrected chi connectivity index (χ0v) is 12.4. The molecule has 0 spiro atoms. The molecule has 1 amide bonds. The molecule has 3 rings (SSSR count). The fraction of sp³-hybridized carbons (Fsp3) is 0.786. The topological polar surface area (TPSA) is 54.9 Å². The lowest BCUT2D eigenvalue weighted by atomic mass is 9.86. The third-order valence-electron chi connectivity index (χ3n) is 4.51. The molecule has 2 bridgehead atoms. The number of carbonyl (C=O) groups excluding carboxylic acids is 1. The van der Waals surface area contributed by atoms with E-state index in [0.29, 0.717) is 23.4 Å². The van der Waals surface area contributed by atoms with Crippen molar-refractivity contribution in [2.75, 3.05) is 5.32 Å². The second-order valence-electron chi connectivity index (χ2n) is 6.29. The third kappa shape index (κ3) is 2.81. The lowest BCUT2D eigenvalue weighted by molar-refractivity contribution is -0.117. The molecule has 3 atom stereocenters. The van der Waals surface area contributed by atoms with E-state index < -0.39 is 0 Å². The molecule has 1 N–H and O–H groups in total. The van der Waals surface area contributed by atoms with Gasteiger partial charge in [0.25, 0.3) is 0 Å². The van der Waals surface area contributed by atoms with Gasteiger partial charge in [0.05, 0.1) is 0 Å². The number of rotatable bonds is 4. The van der Waals surface area contributed by atoms with Gasteiger partial charge in [0.1, 0.15) is 5.01 Å². The number of carbonyl (C=O) groups is 1. The Kier molecular flexibility index (Phi) is 3.56. The number of fused-ring (bicyclic) bond motifs is 2. The first-order valence-electron chi connectivity index (χ1n) is 7.25. The van der Waals surface area contributed by atoms with Crippen molar-refractivity contribution in [3.05, 3.63) is 5.01 Å². The van der Waals surface area contributed by atoms with Crippen LogP contribution in [-0.2, 0) is 4.79 Å². The van der Waals surface area contributed by atoms with Crippen molar-refractivity contribution in [2.24, 2.45) is 17.8 Å². The van der Waals surface area contributed by atoms with Crippen LogP contribution in [0.5, 0.6) is 0 Å². The molecule has 4 nitrogen and oxygen atoms in total. The van der Waals surface area contributed by atoms with Crippen molar-refractivity contribution in [1.29, 1.82) is 0 Å². The van der Waals surface area contributed by atoms with E-state index in [2.05, 4.69) is 29.4 Å². The Labute approximate surface area is 118 Å². The van der Waals surface area contributed by atoms with E-state index in [1.165, 1.54) is 37.0 Å². The summed E-state index contributed by atoms with van der Waals surface area (Å²) < 4.78 is 0. The lowest BCUT2D eigenvalue weighted by Gasteiger charge is -2.20. The quantitative estimate of drug-likeness (QED) is 0.918. The summed E-state index contributed by atoms with van der Waals surface area (Å²) in [5.41, 5.74) is 0. The Hall–Kier alpha value is -0.970. The highest BCUT2D eigenvalue weighted by atomic mass is 32.1. The molecule has 104 valence electrons. The maximum atomic E-state index is 12.1. The molecule has 1 heterocycles. The summed E-state index contributed by atoms with van der Waals surface area (Å²) in [6, 6.07) is 0. The molecule has 0 radical (unpaired) electrons. The van der Waals surface area contributed by atoms with Gasteiger partial charge in [-0.25, -0.2) is 0 Å². The van der Waals surface area contributed by atoms with Gasteiger partial charge in [-0.1, -0.05) is 31.6 Å². The zero-order valence-electron chi connectivity index (χ0n) is 11.6. The number of nitrogens with one attached hydrogen (secondary N) is 1. The van der Waals surface area contributed by atoms with E-state index in [0.717, 1.165) is 16.8 Å². The molecule has 2 fully saturated rings. The normalized spacial score (nSPS) is 29.1. The first kappa shape index (κ1) is 13.0. The molecule has 0 aliphatic heterocycles. The molecule has 0 saturated heterocycles. The van der Waals surface area contributed by atoms with Crippen molar-refractivity contribution in [1.82, 2.24) is 10.2 Å². The Bertz CT molecular complexity index is 471. The first-order chi connectivity index (χ1) is 9.11. The van der Waals surface area contributed by atoms with E-state index in [9.17, 15) is 4.79 Å². The maximum Gasteiger partial charge on any atom is 0.226 e. The van der Waals surface area contributed by atoms with Crippen LogP contribution >= 0.6 is 11.3 Å². The van der Waals surface area contributed by atoms with Crippen molar-refractivity contribution >= 4 is 22.4 Å². The number of amides is 1. The third-order valence-corrected chi connectivity index (χ3v) is 5.65. The van der Waals surface area contributed by atoms with Crippen molar-refractivity contribution in [2.45, 2.75) is 51.9 Å². The van der Waals surface area contributed by atoms with E-state index in [1.54, 1.807) is 0 Å². The van der Waals surface area contributed by atoms with Gasteiger partial charge in [-0.2, -0.15) is 0 Å². The summed E-state index contributed by atoms with van der Waals surface area (Å²) in [6.45, 7) is 4.17. The number of hydrogen-bond acceptors (Lipinski definition) is 4. The molecule has 1 aromatic rings. The van der Waals surface area contributed by atoms with Crippen molar-refractivity contribution in [3.8, 4) is 0 Å². The minimum Gasteiger partial charge on any atom is -0.301 e.